The van der Waals surface area contributed by atoms with Gasteiger partial charge in [-0.25, -0.2) is 0 Å². The van der Waals surface area contributed by atoms with Crippen LogP contribution in [0.3, 0.4) is 0 Å². The lowest BCUT2D eigenvalue weighted by molar-refractivity contribution is 0.387. The van der Waals surface area contributed by atoms with Gasteiger partial charge in [-0.05, 0) is 30.3 Å². The van der Waals surface area contributed by atoms with Crippen LogP contribution in [-0.2, 0) is 6.42 Å². The third-order valence-corrected chi connectivity index (χ3v) is 5.39. The summed E-state index contributed by atoms with van der Waals surface area (Å²) in [6.07, 6.45) is 2.35. The highest BCUT2D eigenvalue weighted by Crippen LogP contribution is 2.27. The molecule has 3 nitrogen and oxygen atoms in total. The molecule has 7 heteroatoms. The van der Waals surface area contributed by atoms with Crippen LogP contribution in [0, 0.1) is 0 Å². The van der Waals surface area contributed by atoms with Gasteiger partial charge < -0.3 is 9.80 Å². The lowest BCUT2D eigenvalue weighted by Crippen LogP contribution is -2.48. The van der Waals surface area contributed by atoms with Gasteiger partial charge in [-0.2, -0.15) is 0 Å². The number of hydrogen-bond acceptors (Lipinski definition) is 3. The van der Waals surface area contributed by atoms with Crippen molar-refractivity contribution in [1.29, 1.82) is 0 Å². The molecule has 1 fully saturated rings. The molecule has 1 aromatic heterocycles. The summed E-state index contributed by atoms with van der Waals surface area (Å²) >= 11 is 23.7. The molecule has 0 unspecified atom stereocenters. The molecule has 24 heavy (non-hydrogen) atoms. The first-order valence-electron chi connectivity index (χ1n) is 7.61. The summed E-state index contributed by atoms with van der Waals surface area (Å²) in [5, 5.41) is 1.85. The van der Waals surface area contributed by atoms with E-state index in [9.17, 15) is 0 Å². The number of pyridine rings is 1. The van der Waals surface area contributed by atoms with Crippen molar-refractivity contribution >= 4 is 57.7 Å². The van der Waals surface area contributed by atoms with Crippen molar-refractivity contribution in [2.75, 3.05) is 31.1 Å². The molecule has 126 valence electrons. The molecule has 0 radical (unpaired) electrons. The van der Waals surface area contributed by atoms with Crippen LogP contribution in [0.2, 0.25) is 15.1 Å². The van der Waals surface area contributed by atoms with Crippen LogP contribution in [0.5, 0.6) is 0 Å². The van der Waals surface area contributed by atoms with Gasteiger partial charge in [0.05, 0.1) is 15.0 Å². The molecular formula is C17H16Cl3N3S. The average molecular weight is 401 g/mol. The van der Waals surface area contributed by atoms with Gasteiger partial charge in [-0.15, -0.1) is 0 Å². The number of thiocarbonyl (C=S) groups is 1. The third-order valence-electron chi connectivity index (χ3n) is 4.01. The van der Waals surface area contributed by atoms with Crippen LogP contribution >= 0.6 is 47.0 Å². The van der Waals surface area contributed by atoms with Crippen LogP contribution in [0.15, 0.2) is 36.5 Å². The van der Waals surface area contributed by atoms with Crippen molar-refractivity contribution in [3.8, 4) is 0 Å². The third kappa shape index (κ3) is 4.31. The highest BCUT2D eigenvalue weighted by atomic mass is 35.5. The number of hydrogen-bond donors (Lipinski definition) is 0. The van der Waals surface area contributed by atoms with Gasteiger partial charge in [-0.1, -0.05) is 47.0 Å². The van der Waals surface area contributed by atoms with E-state index in [2.05, 4.69) is 14.8 Å². The Labute approximate surface area is 162 Å². The molecule has 0 saturated carbocycles. The number of aromatic nitrogens is 1. The maximum absolute atomic E-state index is 6.11. The topological polar surface area (TPSA) is 19.4 Å². The van der Waals surface area contributed by atoms with E-state index < -0.39 is 0 Å². The first-order valence-corrected chi connectivity index (χ1v) is 9.15. The Morgan fingerprint density at radius 2 is 1.75 bits per heavy atom. The second kappa shape index (κ2) is 7.87. The predicted molar refractivity (Wildman–Crippen MR) is 106 cm³/mol. The Morgan fingerprint density at radius 1 is 1.00 bits per heavy atom. The molecule has 0 atom stereocenters. The fourth-order valence-corrected chi connectivity index (χ4v) is 3.51. The molecule has 1 aliphatic heterocycles. The molecule has 0 aliphatic carbocycles. The largest absolute Gasteiger partial charge is 0.368 e. The molecule has 0 spiro atoms. The van der Waals surface area contributed by atoms with E-state index in [-0.39, 0.29) is 0 Å². The minimum atomic E-state index is 0.578. The summed E-state index contributed by atoms with van der Waals surface area (Å²) in [5.74, 6) is 0. The molecule has 0 bridgehead atoms. The zero-order valence-corrected chi connectivity index (χ0v) is 16.0. The number of nitrogens with zero attached hydrogens (tertiary/aromatic N) is 3. The molecule has 0 N–H and O–H groups in total. The summed E-state index contributed by atoms with van der Waals surface area (Å²) in [6.45, 7) is 3.53. The summed E-state index contributed by atoms with van der Waals surface area (Å²) in [7, 11) is 0. The average Bonchev–Trinajstić information content (AvgIpc) is 2.57. The van der Waals surface area contributed by atoms with Crippen LogP contribution in [0.25, 0.3) is 0 Å². The quantitative estimate of drug-likeness (QED) is 0.693. The predicted octanol–water partition coefficient (Wildman–Crippen LogP) is 4.73. The first kappa shape index (κ1) is 17.7. The first-order chi connectivity index (χ1) is 11.5. The van der Waals surface area contributed by atoms with Crippen LogP contribution < -0.4 is 4.90 Å². The van der Waals surface area contributed by atoms with Crippen molar-refractivity contribution in [2.45, 2.75) is 6.42 Å². The van der Waals surface area contributed by atoms with Crippen LogP contribution in [-0.4, -0.2) is 41.1 Å². The van der Waals surface area contributed by atoms with Gasteiger partial charge in [0.15, 0.2) is 0 Å². The van der Waals surface area contributed by atoms with E-state index in [0.717, 1.165) is 42.5 Å². The van der Waals surface area contributed by atoms with Gasteiger partial charge >= 0.3 is 0 Å². The van der Waals surface area contributed by atoms with Crippen molar-refractivity contribution in [3.05, 3.63) is 57.3 Å². The Kier molecular flexibility index (Phi) is 5.82. The number of anilines is 1. The summed E-state index contributed by atoms with van der Waals surface area (Å²) in [4.78, 5) is 9.74. The van der Waals surface area contributed by atoms with Crippen molar-refractivity contribution in [1.82, 2.24) is 9.88 Å². The van der Waals surface area contributed by atoms with E-state index in [1.807, 2.05) is 24.3 Å². The number of rotatable bonds is 3. The van der Waals surface area contributed by atoms with Gasteiger partial charge in [0, 0.05) is 55.2 Å². The summed E-state index contributed by atoms with van der Waals surface area (Å²) in [5.41, 5.74) is 1.99. The van der Waals surface area contributed by atoms with E-state index in [4.69, 9.17) is 47.0 Å². The molecule has 1 aromatic carbocycles. The number of halogens is 3. The van der Waals surface area contributed by atoms with Crippen LogP contribution in [0.1, 0.15) is 5.69 Å². The minimum absolute atomic E-state index is 0.578. The number of piperazine rings is 1. The monoisotopic (exact) mass is 399 g/mol. The molecule has 3 rings (SSSR count). The summed E-state index contributed by atoms with van der Waals surface area (Å²) < 4.78 is 0. The second-order valence-corrected chi connectivity index (χ2v) is 7.33. The second-order valence-electron chi connectivity index (χ2n) is 5.61. The van der Waals surface area contributed by atoms with Crippen molar-refractivity contribution in [3.63, 3.8) is 0 Å². The standard InChI is InChI=1S/C17H16Cl3N3S/c18-12-3-4-21-13(9-12)10-17(24)23-7-5-22(6-8-23)14-1-2-15(19)16(20)11-14/h1-4,9,11H,5-8,10H2. The lowest BCUT2D eigenvalue weighted by atomic mass is 10.2. The molecule has 2 aromatic rings. The van der Waals surface area contributed by atoms with E-state index in [1.165, 1.54) is 0 Å². The number of benzene rings is 1. The maximum Gasteiger partial charge on any atom is 0.0840 e. The van der Waals surface area contributed by atoms with Crippen molar-refractivity contribution < 1.29 is 0 Å². The Hall–Kier alpha value is -1.07. The fraction of sp³-hybridized carbons (Fsp3) is 0.294. The lowest BCUT2D eigenvalue weighted by Gasteiger charge is -2.37. The van der Waals surface area contributed by atoms with Crippen LogP contribution in [0.4, 0.5) is 5.69 Å². The molecule has 2 heterocycles. The summed E-state index contributed by atoms with van der Waals surface area (Å²) in [6, 6.07) is 9.37. The molecule has 0 amide bonds. The zero-order chi connectivity index (χ0) is 17.1. The highest BCUT2D eigenvalue weighted by molar-refractivity contribution is 7.80. The normalized spacial score (nSPS) is 14.8. The molecule has 1 aliphatic rings. The van der Waals surface area contributed by atoms with Gasteiger partial charge in [0.2, 0.25) is 0 Å². The van der Waals surface area contributed by atoms with E-state index in [1.54, 1.807) is 12.3 Å². The SMILES string of the molecule is S=C(Cc1cc(Cl)ccn1)N1CCN(c2ccc(Cl)c(Cl)c2)CC1. The molecule has 1 saturated heterocycles. The highest BCUT2D eigenvalue weighted by Gasteiger charge is 2.20. The Morgan fingerprint density at radius 3 is 2.42 bits per heavy atom. The molecular weight excluding hydrogens is 385 g/mol. The van der Waals surface area contributed by atoms with Gasteiger partial charge in [-0.3, -0.25) is 4.98 Å². The minimum Gasteiger partial charge on any atom is -0.368 e. The van der Waals surface area contributed by atoms with E-state index >= 15 is 0 Å². The van der Waals surface area contributed by atoms with Crippen molar-refractivity contribution in [2.24, 2.45) is 0 Å². The van der Waals surface area contributed by atoms with Gasteiger partial charge in [0.1, 0.15) is 0 Å². The Bertz CT molecular complexity index is 746. The smallest absolute Gasteiger partial charge is 0.0840 e. The maximum atomic E-state index is 6.11. The zero-order valence-electron chi connectivity index (χ0n) is 12.9. The van der Waals surface area contributed by atoms with E-state index in [0.29, 0.717) is 21.5 Å². The Balaban J connectivity index is 1.58. The van der Waals surface area contributed by atoms with Gasteiger partial charge in [0.25, 0.3) is 0 Å². The fourth-order valence-electron chi connectivity index (χ4n) is 2.71.